The fourth-order valence-corrected chi connectivity index (χ4v) is 1.39. The molecule has 94 valence electrons. The average Bonchev–Trinajstić information content (AvgIpc) is 2.32. The van der Waals surface area contributed by atoms with E-state index in [0.29, 0.717) is 23.9 Å². The van der Waals surface area contributed by atoms with Gasteiger partial charge >= 0.3 is 0 Å². The molecule has 0 atom stereocenters. The van der Waals surface area contributed by atoms with E-state index < -0.39 is 0 Å². The van der Waals surface area contributed by atoms with Crippen molar-refractivity contribution in [2.75, 3.05) is 18.4 Å². The van der Waals surface area contributed by atoms with E-state index in [1.807, 2.05) is 13.8 Å². The number of carbonyl (C=O) groups is 1. The first-order chi connectivity index (χ1) is 8.15. The molecule has 1 rings (SSSR count). The highest BCUT2D eigenvalue weighted by atomic mass is 35.5. The summed E-state index contributed by atoms with van der Waals surface area (Å²) in [7, 11) is 0. The number of hydrogen-bond acceptors (Lipinski definition) is 4. The Bertz CT molecular complexity index is 384. The predicted octanol–water partition coefficient (Wildman–Crippen LogP) is 1.77. The van der Waals surface area contributed by atoms with Crippen LogP contribution in [0, 0.1) is 6.92 Å². The van der Waals surface area contributed by atoms with Gasteiger partial charge in [-0.1, -0.05) is 18.5 Å². The Kier molecular flexibility index (Phi) is 5.69. The van der Waals surface area contributed by atoms with Crippen molar-refractivity contribution >= 4 is 23.3 Å². The lowest BCUT2D eigenvalue weighted by Crippen LogP contribution is -2.26. The Labute approximate surface area is 106 Å². The first-order valence-corrected chi connectivity index (χ1v) is 6.00. The van der Waals surface area contributed by atoms with Crippen LogP contribution in [0.5, 0.6) is 0 Å². The van der Waals surface area contributed by atoms with E-state index in [1.165, 1.54) is 6.33 Å². The maximum Gasteiger partial charge on any atom is 0.221 e. The van der Waals surface area contributed by atoms with Gasteiger partial charge in [-0.05, 0) is 13.3 Å². The zero-order chi connectivity index (χ0) is 12.7. The number of amides is 1. The van der Waals surface area contributed by atoms with Crippen LogP contribution in [0.2, 0.25) is 5.15 Å². The van der Waals surface area contributed by atoms with Crippen molar-refractivity contribution in [1.29, 1.82) is 0 Å². The van der Waals surface area contributed by atoms with Crippen LogP contribution in [0.25, 0.3) is 0 Å². The van der Waals surface area contributed by atoms with Crippen LogP contribution >= 0.6 is 11.6 Å². The van der Waals surface area contributed by atoms with Crippen LogP contribution < -0.4 is 10.6 Å². The molecule has 0 saturated heterocycles. The number of halogens is 1. The molecule has 0 aliphatic rings. The van der Waals surface area contributed by atoms with Gasteiger partial charge in [0.05, 0.1) is 0 Å². The molecule has 0 radical (unpaired) electrons. The maximum absolute atomic E-state index is 11.3. The molecule has 0 spiro atoms. The third-order valence-electron chi connectivity index (χ3n) is 2.24. The van der Waals surface area contributed by atoms with E-state index in [4.69, 9.17) is 11.6 Å². The fraction of sp³-hybridized carbons (Fsp3) is 0.545. The second kappa shape index (κ2) is 7.06. The van der Waals surface area contributed by atoms with Crippen LogP contribution in [-0.2, 0) is 4.79 Å². The number of anilines is 1. The van der Waals surface area contributed by atoms with Gasteiger partial charge < -0.3 is 10.6 Å². The SMILES string of the molecule is CCCNC(=O)CCNc1ncnc(Cl)c1C. The topological polar surface area (TPSA) is 66.9 Å². The Hall–Kier alpha value is -1.36. The van der Waals surface area contributed by atoms with Crippen molar-refractivity contribution in [1.82, 2.24) is 15.3 Å². The molecule has 2 N–H and O–H groups in total. The van der Waals surface area contributed by atoms with Gasteiger partial charge in [-0.2, -0.15) is 0 Å². The summed E-state index contributed by atoms with van der Waals surface area (Å²) in [5.74, 6) is 0.713. The summed E-state index contributed by atoms with van der Waals surface area (Å²) in [5.41, 5.74) is 0.795. The molecule has 0 aliphatic heterocycles. The lowest BCUT2D eigenvalue weighted by atomic mass is 10.3. The van der Waals surface area contributed by atoms with E-state index in [2.05, 4.69) is 20.6 Å². The van der Waals surface area contributed by atoms with E-state index >= 15 is 0 Å². The molecule has 1 aromatic heterocycles. The molecular weight excluding hydrogens is 240 g/mol. The largest absolute Gasteiger partial charge is 0.369 e. The second-order valence-electron chi connectivity index (χ2n) is 3.66. The first-order valence-electron chi connectivity index (χ1n) is 5.62. The quantitative estimate of drug-likeness (QED) is 0.762. The van der Waals surface area contributed by atoms with Gasteiger partial charge in [0.2, 0.25) is 5.91 Å². The Morgan fingerprint density at radius 3 is 2.88 bits per heavy atom. The summed E-state index contributed by atoms with van der Waals surface area (Å²) in [4.78, 5) is 19.3. The smallest absolute Gasteiger partial charge is 0.221 e. The van der Waals surface area contributed by atoms with Gasteiger partial charge in [0, 0.05) is 25.1 Å². The van der Waals surface area contributed by atoms with E-state index in [1.54, 1.807) is 0 Å². The lowest BCUT2D eigenvalue weighted by Gasteiger charge is -2.08. The molecule has 6 heteroatoms. The van der Waals surface area contributed by atoms with E-state index in [-0.39, 0.29) is 5.91 Å². The molecule has 1 heterocycles. The van der Waals surface area contributed by atoms with Crippen molar-refractivity contribution in [3.63, 3.8) is 0 Å². The zero-order valence-corrected chi connectivity index (χ0v) is 10.8. The van der Waals surface area contributed by atoms with Crippen molar-refractivity contribution in [3.8, 4) is 0 Å². The molecule has 1 aromatic rings. The summed E-state index contributed by atoms with van der Waals surface area (Å²) in [6.07, 6.45) is 2.76. The van der Waals surface area contributed by atoms with Crippen LogP contribution in [0.4, 0.5) is 5.82 Å². The summed E-state index contributed by atoms with van der Waals surface area (Å²) in [6, 6.07) is 0. The monoisotopic (exact) mass is 256 g/mol. The zero-order valence-electron chi connectivity index (χ0n) is 10.1. The maximum atomic E-state index is 11.3. The van der Waals surface area contributed by atoms with Crippen LogP contribution in [0.1, 0.15) is 25.3 Å². The minimum Gasteiger partial charge on any atom is -0.369 e. The summed E-state index contributed by atoms with van der Waals surface area (Å²) < 4.78 is 0. The number of nitrogens with one attached hydrogen (secondary N) is 2. The van der Waals surface area contributed by atoms with Gasteiger partial charge in [-0.3, -0.25) is 4.79 Å². The van der Waals surface area contributed by atoms with Crippen molar-refractivity contribution in [2.24, 2.45) is 0 Å². The molecule has 0 saturated carbocycles. The number of hydrogen-bond donors (Lipinski definition) is 2. The molecule has 0 fully saturated rings. The average molecular weight is 257 g/mol. The van der Waals surface area contributed by atoms with Gasteiger partial charge in [0.1, 0.15) is 17.3 Å². The minimum absolute atomic E-state index is 0.0390. The highest BCUT2D eigenvalue weighted by molar-refractivity contribution is 6.30. The number of carbonyl (C=O) groups excluding carboxylic acids is 1. The van der Waals surface area contributed by atoms with Crippen molar-refractivity contribution < 1.29 is 4.79 Å². The van der Waals surface area contributed by atoms with Crippen molar-refractivity contribution in [2.45, 2.75) is 26.7 Å². The van der Waals surface area contributed by atoms with E-state index in [9.17, 15) is 4.79 Å². The van der Waals surface area contributed by atoms with Crippen LogP contribution in [0.3, 0.4) is 0 Å². The minimum atomic E-state index is 0.0390. The molecule has 1 amide bonds. The van der Waals surface area contributed by atoms with Gasteiger partial charge in [0.25, 0.3) is 0 Å². The molecule has 0 unspecified atom stereocenters. The van der Waals surface area contributed by atoms with E-state index in [0.717, 1.165) is 18.5 Å². The standard InChI is InChI=1S/C11H17ClN4O/c1-3-5-13-9(17)4-6-14-11-8(2)10(12)15-7-16-11/h7H,3-6H2,1-2H3,(H,13,17)(H,14,15,16). The summed E-state index contributed by atoms with van der Waals surface area (Å²) in [6.45, 7) is 5.10. The van der Waals surface area contributed by atoms with Gasteiger partial charge in [0.15, 0.2) is 0 Å². The lowest BCUT2D eigenvalue weighted by molar-refractivity contribution is -0.120. The normalized spacial score (nSPS) is 10.1. The highest BCUT2D eigenvalue weighted by Crippen LogP contribution is 2.17. The molecule has 0 aliphatic carbocycles. The Balaban J connectivity index is 2.36. The summed E-state index contributed by atoms with van der Waals surface area (Å²) in [5, 5.41) is 6.30. The second-order valence-corrected chi connectivity index (χ2v) is 4.02. The molecule has 17 heavy (non-hydrogen) atoms. The first kappa shape index (κ1) is 13.7. The molecule has 0 bridgehead atoms. The Morgan fingerprint density at radius 2 is 2.18 bits per heavy atom. The molecule has 5 nitrogen and oxygen atoms in total. The third kappa shape index (κ3) is 4.56. The van der Waals surface area contributed by atoms with Crippen LogP contribution in [0.15, 0.2) is 6.33 Å². The number of aromatic nitrogens is 2. The molecular formula is C11H17ClN4O. The summed E-state index contributed by atoms with van der Waals surface area (Å²) >= 11 is 5.85. The van der Waals surface area contributed by atoms with Crippen LogP contribution in [-0.4, -0.2) is 29.0 Å². The predicted molar refractivity (Wildman–Crippen MR) is 68.2 cm³/mol. The van der Waals surface area contributed by atoms with Gasteiger partial charge in [-0.15, -0.1) is 0 Å². The Morgan fingerprint density at radius 1 is 1.41 bits per heavy atom. The van der Waals surface area contributed by atoms with Gasteiger partial charge in [-0.25, -0.2) is 9.97 Å². The molecule has 0 aromatic carbocycles. The highest BCUT2D eigenvalue weighted by Gasteiger charge is 2.05. The van der Waals surface area contributed by atoms with Crippen molar-refractivity contribution in [3.05, 3.63) is 17.0 Å². The number of rotatable bonds is 6. The number of nitrogens with zero attached hydrogens (tertiary/aromatic N) is 2. The fourth-order valence-electron chi connectivity index (χ4n) is 1.25. The third-order valence-corrected chi connectivity index (χ3v) is 2.62.